The fourth-order valence-electron chi connectivity index (χ4n) is 3.61. The second-order valence-electron chi connectivity index (χ2n) is 6.16. The Morgan fingerprint density at radius 3 is 2.43 bits per heavy atom. The highest BCUT2D eigenvalue weighted by Gasteiger charge is 2.43. The van der Waals surface area contributed by atoms with E-state index in [0.717, 1.165) is 25.0 Å². The molecule has 2 saturated heterocycles. The Labute approximate surface area is 132 Å². The number of rotatable bonds is 2. The van der Waals surface area contributed by atoms with Gasteiger partial charge in [0.15, 0.2) is 0 Å². The van der Waals surface area contributed by atoms with Crippen molar-refractivity contribution >= 4 is 11.8 Å². The Balaban J connectivity index is 1.88. The predicted molar refractivity (Wildman–Crippen MR) is 79.3 cm³/mol. The largest absolute Gasteiger partial charge is 0.465 e. The Morgan fingerprint density at radius 1 is 1.30 bits per heavy atom. The molecule has 3 atom stereocenters. The molecule has 122 valence electrons. The molecule has 5 nitrogen and oxygen atoms in total. The maximum absolute atomic E-state index is 14.4. The number of hydrogen-bond donors (Lipinski definition) is 1. The lowest BCUT2D eigenvalue weighted by Crippen LogP contribution is -2.55. The average molecular weight is 321 g/mol. The fourth-order valence-corrected chi connectivity index (χ4v) is 3.61. The lowest BCUT2D eigenvalue weighted by atomic mass is 10.0. The van der Waals surface area contributed by atoms with Crippen LogP contribution in [-0.4, -0.2) is 41.3 Å². The molecule has 1 N–H and O–H groups in total. The van der Waals surface area contributed by atoms with Crippen LogP contribution in [0.25, 0.3) is 0 Å². The van der Waals surface area contributed by atoms with Gasteiger partial charge in [-0.05, 0) is 25.8 Å². The van der Waals surface area contributed by atoms with Crippen molar-refractivity contribution in [1.82, 2.24) is 4.90 Å². The van der Waals surface area contributed by atoms with E-state index in [1.165, 1.54) is 11.8 Å². The number of nitrogens with zero attached hydrogens (tertiary/aromatic N) is 3. The SMILES string of the molecule is CC(C#N)c1cc(F)c(N2CC3CCC(C2)N3C(=O)O)cc1F. The molecule has 1 aromatic carbocycles. The van der Waals surface area contributed by atoms with E-state index >= 15 is 0 Å². The van der Waals surface area contributed by atoms with Gasteiger partial charge in [-0.2, -0.15) is 5.26 Å². The van der Waals surface area contributed by atoms with Gasteiger partial charge >= 0.3 is 6.09 Å². The second-order valence-corrected chi connectivity index (χ2v) is 6.16. The monoisotopic (exact) mass is 321 g/mol. The summed E-state index contributed by atoms with van der Waals surface area (Å²) in [5, 5.41) is 18.1. The van der Waals surface area contributed by atoms with Crippen molar-refractivity contribution in [3.8, 4) is 6.07 Å². The maximum Gasteiger partial charge on any atom is 0.407 e. The van der Waals surface area contributed by atoms with Crippen LogP contribution in [0.4, 0.5) is 19.3 Å². The van der Waals surface area contributed by atoms with Crippen LogP contribution in [0.15, 0.2) is 12.1 Å². The maximum atomic E-state index is 14.4. The van der Waals surface area contributed by atoms with E-state index in [1.54, 1.807) is 4.90 Å². The van der Waals surface area contributed by atoms with Crippen LogP contribution in [0.3, 0.4) is 0 Å². The zero-order chi connectivity index (χ0) is 16.7. The molecule has 3 rings (SSSR count). The first kappa shape index (κ1) is 15.5. The number of piperazine rings is 1. The van der Waals surface area contributed by atoms with Gasteiger partial charge in [-0.3, -0.25) is 4.90 Å². The second kappa shape index (κ2) is 5.69. The van der Waals surface area contributed by atoms with Crippen LogP contribution < -0.4 is 4.90 Å². The molecule has 1 aromatic rings. The smallest absolute Gasteiger partial charge is 0.407 e. The van der Waals surface area contributed by atoms with Gasteiger partial charge in [-0.1, -0.05) is 0 Å². The number of carboxylic acid groups (broad SMARTS) is 1. The number of amides is 1. The normalized spacial score (nSPS) is 24.4. The summed E-state index contributed by atoms with van der Waals surface area (Å²) in [4.78, 5) is 14.4. The number of fused-ring (bicyclic) bond motifs is 2. The van der Waals surface area contributed by atoms with Crippen molar-refractivity contribution in [2.24, 2.45) is 0 Å². The van der Waals surface area contributed by atoms with Crippen molar-refractivity contribution in [3.63, 3.8) is 0 Å². The van der Waals surface area contributed by atoms with Crippen LogP contribution in [0.2, 0.25) is 0 Å². The molecule has 2 aliphatic heterocycles. The molecule has 3 unspecified atom stereocenters. The Kier molecular flexibility index (Phi) is 3.84. The van der Waals surface area contributed by atoms with Gasteiger partial charge < -0.3 is 10.0 Å². The Morgan fingerprint density at radius 2 is 1.91 bits per heavy atom. The van der Waals surface area contributed by atoms with Crippen LogP contribution in [-0.2, 0) is 0 Å². The van der Waals surface area contributed by atoms with E-state index in [-0.39, 0.29) is 23.3 Å². The van der Waals surface area contributed by atoms with Gasteiger partial charge in [0.05, 0.1) is 29.8 Å². The van der Waals surface area contributed by atoms with Crippen molar-refractivity contribution in [1.29, 1.82) is 5.26 Å². The van der Waals surface area contributed by atoms with E-state index in [1.807, 2.05) is 6.07 Å². The highest BCUT2D eigenvalue weighted by atomic mass is 19.1. The van der Waals surface area contributed by atoms with Crippen LogP contribution in [0, 0.1) is 23.0 Å². The van der Waals surface area contributed by atoms with Crippen molar-refractivity contribution in [3.05, 3.63) is 29.3 Å². The highest BCUT2D eigenvalue weighted by Crippen LogP contribution is 2.35. The molecule has 23 heavy (non-hydrogen) atoms. The van der Waals surface area contributed by atoms with Gasteiger partial charge in [0.1, 0.15) is 11.6 Å². The van der Waals surface area contributed by atoms with Crippen molar-refractivity contribution < 1.29 is 18.7 Å². The zero-order valence-electron chi connectivity index (χ0n) is 12.7. The van der Waals surface area contributed by atoms with Gasteiger partial charge in [0.2, 0.25) is 0 Å². The van der Waals surface area contributed by atoms with E-state index in [9.17, 15) is 18.7 Å². The summed E-state index contributed by atoms with van der Waals surface area (Å²) in [6.07, 6.45) is 0.518. The number of anilines is 1. The number of carbonyl (C=O) groups is 1. The molecular formula is C16H17F2N3O2. The van der Waals surface area contributed by atoms with Crippen molar-refractivity contribution in [2.45, 2.75) is 37.8 Å². The Hall–Kier alpha value is -2.36. The molecule has 0 spiro atoms. The van der Waals surface area contributed by atoms with Crippen LogP contribution >= 0.6 is 0 Å². The van der Waals surface area contributed by atoms with Gasteiger partial charge in [-0.25, -0.2) is 13.6 Å². The molecule has 0 radical (unpaired) electrons. The van der Waals surface area contributed by atoms with E-state index < -0.39 is 23.6 Å². The van der Waals surface area contributed by atoms with E-state index in [2.05, 4.69) is 0 Å². The molecule has 1 amide bonds. The molecule has 2 fully saturated rings. The molecule has 2 bridgehead atoms. The molecule has 0 aliphatic carbocycles. The lowest BCUT2D eigenvalue weighted by molar-refractivity contribution is 0.114. The quantitative estimate of drug-likeness (QED) is 0.909. The molecule has 0 aromatic heterocycles. The third-order valence-corrected chi connectivity index (χ3v) is 4.77. The summed E-state index contributed by atoms with van der Waals surface area (Å²) in [6, 6.07) is 3.71. The molecule has 7 heteroatoms. The van der Waals surface area contributed by atoms with E-state index in [4.69, 9.17) is 5.26 Å². The summed E-state index contributed by atoms with van der Waals surface area (Å²) >= 11 is 0. The minimum atomic E-state index is -0.956. The van der Waals surface area contributed by atoms with Crippen LogP contribution in [0.5, 0.6) is 0 Å². The van der Waals surface area contributed by atoms with Crippen LogP contribution in [0.1, 0.15) is 31.2 Å². The Bertz CT molecular complexity index is 675. The summed E-state index contributed by atoms with van der Waals surface area (Å²) in [5.74, 6) is -1.91. The number of hydrogen-bond acceptors (Lipinski definition) is 3. The highest BCUT2D eigenvalue weighted by molar-refractivity contribution is 5.67. The number of nitriles is 1. The van der Waals surface area contributed by atoms with Gasteiger partial charge in [0.25, 0.3) is 0 Å². The fraction of sp³-hybridized carbons (Fsp3) is 0.500. The number of halogens is 2. The first-order chi connectivity index (χ1) is 10.9. The number of benzene rings is 1. The summed E-state index contributed by atoms with van der Waals surface area (Å²) in [7, 11) is 0. The summed E-state index contributed by atoms with van der Waals surface area (Å²) < 4.78 is 28.6. The lowest BCUT2D eigenvalue weighted by Gasteiger charge is -2.40. The first-order valence-corrected chi connectivity index (χ1v) is 7.57. The average Bonchev–Trinajstić information content (AvgIpc) is 2.79. The summed E-state index contributed by atoms with van der Waals surface area (Å²) in [5.41, 5.74) is 0.180. The van der Waals surface area contributed by atoms with E-state index in [0.29, 0.717) is 13.1 Å². The van der Waals surface area contributed by atoms with Gasteiger partial charge in [-0.15, -0.1) is 0 Å². The first-order valence-electron chi connectivity index (χ1n) is 7.57. The zero-order valence-corrected chi connectivity index (χ0v) is 12.7. The predicted octanol–water partition coefficient (Wildman–Crippen LogP) is 2.92. The summed E-state index contributed by atoms with van der Waals surface area (Å²) in [6.45, 7) is 2.22. The van der Waals surface area contributed by atoms with Gasteiger partial charge in [0, 0.05) is 24.7 Å². The minimum absolute atomic E-state index is 0.0425. The third-order valence-electron chi connectivity index (χ3n) is 4.77. The van der Waals surface area contributed by atoms with Crippen molar-refractivity contribution in [2.75, 3.05) is 18.0 Å². The molecule has 2 heterocycles. The standard InChI is InChI=1S/C16H17F2N3O2/c1-9(6-19)12-4-14(18)15(5-13(12)17)20-7-10-2-3-11(8-20)21(10)16(22)23/h4-5,9-11H,2-3,7-8H2,1H3,(H,22,23). The molecule has 0 saturated carbocycles. The molecular weight excluding hydrogens is 304 g/mol. The molecule has 2 aliphatic rings. The topological polar surface area (TPSA) is 67.6 Å². The third kappa shape index (κ3) is 2.58. The minimum Gasteiger partial charge on any atom is -0.465 e.